The number of hydrogen-bond donors (Lipinski definition) is 2. The summed E-state index contributed by atoms with van der Waals surface area (Å²) in [6.07, 6.45) is 3.66. The van der Waals surface area contributed by atoms with Crippen molar-refractivity contribution in [1.29, 1.82) is 0 Å². The highest BCUT2D eigenvalue weighted by molar-refractivity contribution is 5.95. The maximum atomic E-state index is 12.4. The summed E-state index contributed by atoms with van der Waals surface area (Å²) >= 11 is 0. The van der Waals surface area contributed by atoms with Crippen LogP contribution in [-0.2, 0) is 9.53 Å². The van der Waals surface area contributed by atoms with Gasteiger partial charge in [0.1, 0.15) is 5.60 Å². The van der Waals surface area contributed by atoms with Gasteiger partial charge in [0.15, 0.2) is 0 Å². The fourth-order valence-corrected chi connectivity index (χ4v) is 2.25. The Hall–Kier alpha value is -2.56. The summed E-state index contributed by atoms with van der Waals surface area (Å²) in [6.45, 7) is 7.13. The first-order chi connectivity index (χ1) is 10.8. The summed E-state index contributed by atoms with van der Waals surface area (Å²) in [6, 6.07) is 8.82. The first kappa shape index (κ1) is 16.8. The average molecular weight is 314 g/mol. The van der Waals surface area contributed by atoms with E-state index in [-0.39, 0.29) is 6.03 Å². The van der Waals surface area contributed by atoms with Crippen LogP contribution < -0.4 is 10.6 Å². The average Bonchev–Trinajstić information content (AvgIpc) is 2.43. The van der Waals surface area contributed by atoms with Crippen LogP contribution in [0.3, 0.4) is 0 Å². The number of rotatable bonds is 3. The van der Waals surface area contributed by atoms with Crippen molar-refractivity contribution in [3.63, 3.8) is 0 Å². The van der Waals surface area contributed by atoms with E-state index >= 15 is 0 Å². The second-order valence-electron chi connectivity index (χ2n) is 6.39. The topological polar surface area (TPSA) is 67.4 Å². The molecule has 5 heteroatoms. The van der Waals surface area contributed by atoms with Gasteiger partial charge in [-0.15, -0.1) is 0 Å². The molecule has 1 atom stereocenters. The molecule has 0 saturated carbocycles. The van der Waals surface area contributed by atoms with Crippen molar-refractivity contribution < 1.29 is 14.3 Å². The zero-order valence-corrected chi connectivity index (χ0v) is 13.8. The van der Waals surface area contributed by atoms with E-state index in [0.29, 0.717) is 11.3 Å². The second kappa shape index (κ2) is 6.69. The van der Waals surface area contributed by atoms with E-state index in [1.54, 1.807) is 13.0 Å². The molecule has 0 spiro atoms. The van der Waals surface area contributed by atoms with Gasteiger partial charge in [0.25, 0.3) is 0 Å². The van der Waals surface area contributed by atoms with Gasteiger partial charge in [-0.3, -0.25) is 0 Å². The molecular weight excluding hydrogens is 292 g/mol. The Balaban J connectivity index is 2.27. The van der Waals surface area contributed by atoms with Gasteiger partial charge in [0.05, 0.1) is 11.6 Å². The third-order valence-corrected chi connectivity index (χ3v) is 3.20. The Labute approximate surface area is 136 Å². The highest BCUT2D eigenvalue weighted by Crippen LogP contribution is 2.19. The van der Waals surface area contributed by atoms with Crippen LogP contribution in [0.5, 0.6) is 0 Å². The van der Waals surface area contributed by atoms with E-state index in [4.69, 9.17) is 4.74 Å². The lowest BCUT2D eigenvalue weighted by Gasteiger charge is -2.28. The molecule has 0 radical (unpaired) electrons. The van der Waals surface area contributed by atoms with Crippen LogP contribution in [0.25, 0.3) is 6.08 Å². The second-order valence-corrected chi connectivity index (χ2v) is 6.39. The molecule has 2 amide bonds. The van der Waals surface area contributed by atoms with Gasteiger partial charge in [-0.2, -0.15) is 0 Å². The Morgan fingerprint density at radius 1 is 1.22 bits per heavy atom. The molecule has 5 nitrogen and oxygen atoms in total. The largest absolute Gasteiger partial charge is 0.456 e. The maximum Gasteiger partial charge on any atom is 0.338 e. The van der Waals surface area contributed by atoms with Gasteiger partial charge < -0.3 is 15.4 Å². The number of amides is 2. The molecule has 0 saturated heterocycles. The number of ether oxygens (including phenoxy) is 1. The molecular formula is C18H22N2O3. The summed E-state index contributed by atoms with van der Waals surface area (Å²) in [5.74, 6) is -0.440. The summed E-state index contributed by atoms with van der Waals surface area (Å²) < 4.78 is 5.44. The number of allylic oxidation sites excluding steroid dienone is 1. The van der Waals surface area contributed by atoms with Crippen molar-refractivity contribution in [2.45, 2.75) is 39.3 Å². The van der Waals surface area contributed by atoms with Gasteiger partial charge >= 0.3 is 12.0 Å². The molecule has 1 heterocycles. The lowest BCUT2D eigenvalue weighted by atomic mass is 10.0. The predicted octanol–water partition coefficient (Wildman–Crippen LogP) is 3.00. The lowest BCUT2D eigenvalue weighted by Crippen LogP contribution is -2.49. The highest BCUT2D eigenvalue weighted by Gasteiger charge is 2.31. The molecule has 0 aromatic heterocycles. The van der Waals surface area contributed by atoms with Crippen LogP contribution in [0.1, 0.15) is 33.3 Å². The van der Waals surface area contributed by atoms with Crippen LogP contribution >= 0.6 is 0 Å². The number of esters is 1. The SMILES string of the molecule is CC1=C(C(=O)OC(C)(C)C)C(/C=C/c2ccccc2)NC(=O)N1. The van der Waals surface area contributed by atoms with E-state index < -0.39 is 17.6 Å². The Morgan fingerprint density at radius 3 is 2.48 bits per heavy atom. The molecule has 23 heavy (non-hydrogen) atoms. The fraction of sp³-hybridized carbons (Fsp3) is 0.333. The lowest BCUT2D eigenvalue weighted by molar-refractivity contribution is -0.150. The molecule has 0 aliphatic carbocycles. The van der Waals surface area contributed by atoms with Crippen LogP contribution in [0, 0.1) is 0 Å². The van der Waals surface area contributed by atoms with E-state index in [2.05, 4.69) is 10.6 Å². The number of nitrogens with one attached hydrogen (secondary N) is 2. The molecule has 2 rings (SSSR count). The highest BCUT2D eigenvalue weighted by atomic mass is 16.6. The quantitative estimate of drug-likeness (QED) is 0.843. The van der Waals surface area contributed by atoms with Crippen LogP contribution in [0.4, 0.5) is 4.79 Å². The Bertz CT molecular complexity index is 655. The number of hydrogen-bond acceptors (Lipinski definition) is 3. The van der Waals surface area contributed by atoms with Crippen molar-refractivity contribution in [2.24, 2.45) is 0 Å². The van der Waals surface area contributed by atoms with Crippen LogP contribution in [0.15, 0.2) is 47.7 Å². The van der Waals surface area contributed by atoms with E-state index in [0.717, 1.165) is 5.56 Å². The zero-order chi connectivity index (χ0) is 17.0. The first-order valence-electron chi connectivity index (χ1n) is 7.51. The van der Waals surface area contributed by atoms with Crippen LogP contribution in [-0.4, -0.2) is 23.6 Å². The van der Waals surface area contributed by atoms with Gasteiger partial charge in [-0.25, -0.2) is 9.59 Å². The first-order valence-corrected chi connectivity index (χ1v) is 7.51. The fourth-order valence-electron chi connectivity index (χ4n) is 2.25. The normalized spacial score (nSPS) is 18.6. The molecule has 122 valence electrons. The monoisotopic (exact) mass is 314 g/mol. The number of carbonyl (C=O) groups is 2. The smallest absolute Gasteiger partial charge is 0.338 e. The third kappa shape index (κ3) is 4.71. The summed E-state index contributed by atoms with van der Waals surface area (Å²) in [4.78, 5) is 24.2. The van der Waals surface area contributed by atoms with Crippen LogP contribution in [0.2, 0.25) is 0 Å². The van der Waals surface area contributed by atoms with Crippen molar-refractivity contribution in [2.75, 3.05) is 0 Å². The summed E-state index contributed by atoms with van der Waals surface area (Å²) in [7, 11) is 0. The molecule has 1 unspecified atom stereocenters. The standard InChI is InChI=1S/C18H22N2O3/c1-12-15(16(21)23-18(2,3)4)14(20-17(22)19-12)11-10-13-8-6-5-7-9-13/h5-11,14H,1-4H3,(H2,19,20,22)/b11-10+. The maximum absolute atomic E-state index is 12.4. The zero-order valence-electron chi connectivity index (χ0n) is 13.8. The summed E-state index contributed by atoms with van der Waals surface area (Å²) in [5, 5.41) is 5.36. The van der Waals surface area contributed by atoms with Gasteiger partial charge in [0.2, 0.25) is 0 Å². The van der Waals surface area contributed by atoms with E-state index in [9.17, 15) is 9.59 Å². The molecule has 0 fully saturated rings. The van der Waals surface area contributed by atoms with Crippen molar-refractivity contribution >= 4 is 18.1 Å². The predicted molar refractivity (Wildman–Crippen MR) is 89.5 cm³/mol. The third-order valence-electron chi connectivity index (χ3n) is 3.20. The Morgan fingerprint density at radius 2 is 1.87 bits per heavy atom. The van der Waals surface area contributed by atoms with Gasteiger partial charge in [-0.05, 0) is 33.3 Å². The summed E-state index contributed by atoms with van der Waals surface area (Å²) in [5.41, 5.74) is 1.30. The number of carbonyl (C=O) groups excluding carboxylic acids is 2. The van der Waals surface area contributed by atoms with Gasteiger partial charge in [0, 0.05) is 5.70 Å². The molecule has 1 aliphatic heterocycles. The molecule has 0 bridgehead atoms. The Kier molecular flexibility index (Phi) is 4.89. The van der Waals surface area contributed by atoms with E-state index in [1.165, 1.54) is 0 Å². The minimum atomic E-state index is -0.598. The van der Waals surface area contributed by atoms with Crippen molar-refractivity contribution in [1.82, 2.24) is 10.6 Å². The minimum absolute atomic E-state index is 0.336. The number of urea groups is 1. The molecule has 1 aromatic rings. The number of benzene rings is 1. The van der Waals surface area contributed by atoms with Crippen molar-refractivity contribution in [3.05, 3.63) is 53.2 Å². The molecule has 1 aliphatic rings. The molecule has 1 aromatic carbocycles. The van der Waals surface area contributed by atoms with E-state index in [1.807, 2.05) is 57.2 Å². The van der Waals surface area contributed by atoms with Crippen molar-refractivity contribution in [3.8, 4) is 0 Å². The molecule has 2 N–H and O–H groups in total. The van der Waals surface area contributed by atoms with Gasteiger partial charge in [-0.1, -0.05) is 42.5 Å². The minimum Gasteiger partial charge on any atom is -0.456 e.